The predicted molar refractivity (Wildman–Crippen MR) is 115 cm³/mol. The van der Waals surface area contributed by atoms with Crippen LogP contribution < -0.4 is 5.32 Å². The van der Waals surface area contributed by atoms with Crippen LogP contribution in [-0.4, -0.2) is 41.6 Å². The zero-order valence-electron chi connectivity index (χ0n) is 17.2. The Bertz CT molecular complexity index is 802. The normalized spacial score (nSPS) is 24.1. The van der Waals surface area contributed by atoms with Gasteiger partial charge in [-0.1, -0.05) is 60.7 Å². The number of alkyl halides is 1. The zero-order valence-corrected chi connectivity index (χ0v) is 17.2. The molecule has 29 heavy (non-hydrogen) atoms. The summed E-state index contributed by atoms with van der Waals surface area (Å²) in [5.41, 5.74) is 1.27. The fourth-order valence-corrected chi connectivity index (χ4v) is 4.53. The number of likely N-dealkylation sites (tertiary alicyclic amines) is 1. The minimum Gasteiger partial charge on any atom is -0.342 e. The van der Waals surface area contributed by atoms with Crippen LogP contribution in [0.3, 0.4) is 0 Å². The average Bonchev–Trinajstić information content (AvgIpc) is 3.53. The molecule has 1 aliphatic heterocycles. The monoisotopic (exact) mass is 394 g/mol. The molecule has 1 heterocycles. The maximum absolute atomic E-state index is 15.6. The number of hydrogen-bond acceptors (Lipinski definition) is 2. The molecule has 154 valence electrons. The molecule has 1 saturated heterocycles. The number of benzene rings is 2. The van der Waals surface area contributed by atoms with Crippen molar-refractivity contribution in [1.82, 2.24) is 10.2 Å². The van der Waals surface area contributed by atoms with Gasteiger partial charge in [0.2, 0.25) is 5.91 Å². The lowest BCUT2D eigenvalue weighted by atomic mass is 9.86. The lowest BCUT2D eigenvalue weighted by Crippen LogP contribution is -2.54. The van der Waals surface area contributed by atoms with E-state index in [4.69, 9.17) is 0 Å². The van der Waals surface area contributed by atoms with Crippen LogP contribution in [0, 0.1) is 0 Å². The summed E-state index contributed by atoms with van der Waals surface area (Å²) in [4.78, 5) is 14.4. The van der Waals surface area contributed by atoms with Gasteiger partial charge in [-0.05, 0) is 30.9 Å². The lowest BCUT2D eigenvalue weighted by Gasteiger charge is -2.40. The number of hydrogen-bond donors (Lipinski definition) is 1. The average molecular weight is 395 g/mol. The zero-order chi connectivity index (χ0) is 20.3. The number of piperidine rings is 1. The first kappa shape index (κ1) is 20.1. The topological polar surface area (TPSA) is 32.3 Å². The fraction of sp³-hybridized carbons (Fsp3) is 0.480. The van der Waals surface area contributed by atoms with Crippen molar-refractivity contribution in [3.63, 3.8) is 0 Å². The highest BCUT2D eigenvalue weighted by Gasteiger charge is 2.45. The van der Waals surface area contributed by atoms with Crippen molar-refractivity contribution in [3.8, 4) is 0 Å². The Morgan fingerprint density at radius 2 is 1.72 bits per heavy atom. The largest absolute Gasteiger partial charge is 0.342 e. The van der Waals surface area contributed by atoms with Crippen molar-refractivity contribution >= 4 is 5.91 Å². The van der Waals surface area contributed by atoms with E-state index in [-0.39, 0.29) is 11.9 Å². The number of nitrogens with zero attached hydrogens (tertiary/aromatic N) is 1. The van der Waals surface area contributed by atoms with Crippen molar-refractivity contribution in [1.29, 1.82) is 0 Å². The quantitative estimate of drug-likeness (QED) is 0.751. The highest BCUT2D eigenvalue weighted by atomic mass is 19.1. The Morgan fingerprint density at radius 3 is 2.38 bits per heavy atom. The van der Waals surface area contributed by atoms with Crippen molar-refractivity contribution in [2.75, 3.05) is 13.1 Å². The van der Waals surface area contributed by atoms with E-state index >= 15 is 4.39 Å². The van der Waals surface area contributed by atoms with Gasteiger partial charge in [-0.3, -0.25) is 4.79 Å². The van der Waals surface area contributed by atoms with E-state index in [0.29, 0.717) is 44.3 Å². The molecule has 4 rings (SSSR count). The molecule has 2 fully saturated rings. The smallest absolute Gasteiger partial charge is 0.222 e. The van der Waals surface area contributed by atoms with Crippen molar-refractivity contribution in [2.24, 2.45) is 0 Å². The minimum absolute atomic E-state index is 0.142. The summed E-state index contributed by atoms with van der Waals surface area (Å²) < 4.78 is 15.6. The molecule has 2 aliphatic rings. The Morgan fingerprint density at radius 1 is 1.10 bits per heavy atom. The molecule has 1 saturated carbocycles. The molecule has 2 aromatic carbocycles. The van der Waals surface area contributed by atoms with Gasteiger partial charge in [0.25, 0.3) is 0 Å². The van der Waals surface area contributed by atoms with E-state index in [9.17, 15) is 4.79 Å². The van der Waals surface area contributed by atoms with Crippen molar-refractivity contribution in [2.45, 2.75) is 62.7 Å². The van der Waals surface area contributed by atoms with Crippen molar-refractivity contribution < 1.29 is 9.18 Å². The molecule has 2 aromatic rings. The summed E-state index contributed by atoms with van der Waals surface area (Å²) in [5, 5.41) is 3.52. The van der Waals surface area contributed by atoms with Gasteiger partial charge in [-0.25, -0.2) is 4.39 Å². The number of amides is 1. The maximum Gasteiger partial charge on any atom is 0.222 e. The molecule has 1 N–H and O–H groups in total. The summed E-state index contributed by atoms with van der Waals surface area (Å²) in [6.07, 6.45) is 3.16. The standard InChI is InChI=1S/C25H31FN2O/c1-19(27-23-18-22(23)21-10-6-3-7-11-21)25(26)14-16-28(17-15-25)24(29)13-12-20-8-4-2-5-9-20/h2-11,19,22-23,27H,12-18H2,1H3. The summed E-state index contributed by atoms with van der Waals surface area (Å²) in [5.74, 6) is 0.643. The highest BCUT2D eigenvalue weighted by molar-refractivity contribution is 5.76. The molecule has 3 unspecified atom stereocenters. The Hall–Kier alpha value is -2.20. The first-order chi connectivity index (χ1) is 14.0. The van der Waals surface area contributed by atoms with E-state index in [1.807, 2.05) is 48.2 Å². The molecule has 0 radical (unpaired) electrons. The van der Waals surface area contributed by atoms with Gasteiger partial charge in [0.15, 0.2) is 0 Å². The van der Waals surface area contributed by atoms with Gasteiger partial charge in [-0.15, -0.1) is 0 Å². The van der Waals surface area contributed by atoms with Gasteiger partial charge in [0.1, 0.15) is 5.67 Å². The third-order valence-electron chi connectivity index (χ3n) is 6.68. The van der Waals surface area contributed by atoms with Crippen LogP contribution in [0.1, 0.15) is 49.7 Å². The summed E-state index contributed by atoms with van der Waals surface area (Å²) in [6.45, 7) is 3.00. The first-order valence-electron chi connectivity index (χ1n) is 10.9. The molecule has 1 aliphatic carbocycles. The molecule has 3 nitrogen and oxygen atoms in total. The summed E-state index contributed by atoms with van der Waals surface area (Å²) in [6, 6.07) is 20.7. The number of nitrogens with one attached hydrogen (secondary N) is 1. The van der Waals surface area contributed by atoms with E-state index in [1.165, 1.54) is 11.1 Å². The van der Waals surface area contributed by atoms with E-state index in [0.717, 1.165) is 12.8 Å². The second kappa shape index (κ2) is 8.66. The highest BCUT2D eigenvalue weighted by Crippen LogP contribution is 2.42. The predicted octanol–water partition coefficient (Wildman–Crippen LogP) is 4.48. The molecule has 0 bridgehead atoms. The second-order valence-electron chi connectivity index (χ2n) is 8.65. The Kier molecular flexibility index (Phi) is 6.00. The van der Waals surface area contributed by atoms with Crippen LogP contribution in [0.2, 0.25) is 0 Å². The number of rotatable bonds is 7. The summed E-state index contributed by atoms with van der Waals surface area (Å²) >= 11 is 0. The lowest BCUT2D eigenvalue weighted by molar-refractivity contribution is -0.134. The third-order valence-corrected chi connectivity index (χ3v) is 6.68. The van der Waals surface area contributed by atoms with E-state index in [2.05, 4.69) is 29.6 Å². The second-order valence-corrected chi connectivity index (χ2v) is 8.65. The van der Waals surface area contributed by atoms with Crippen LogP contribution in [-0.2, 0) is 11.2 Å². The number of aryl methyl sites for hydroxylation is 1. The van der Waals surface area contributed by atoms with Gasteiger partial charge in [0.05, 0.1) is 0 Å². The van der Waals surface area contributed by atoms with Crippen molar-refractivity contribution in [3.05, 3.63) is 71.8 Å². The van der Waals surface area contributed by atoms with Crippen LogP contribution in [0.4, 0.5) is 4.39 Å². The van der Waals surface area contributed by atoms with Crippen LogP contribution in [0.15, 0.2) is 60.7 Å². The fourth-order valence-electron chi connectivity index (χ4n) is 4.53. The van der Waals surface area contributed by atoms with Gasteiger partial charge in [-0.2, -0.15) is 0 Å². The molecule has 0 spiro atoms. The SMILES string of the molecule is CC(NC1CC1c1ccccc1)C1(F)CCN(C(=O)CCc2ccccc2)CC1. The number of carbonyl (C=O) groups excluding carboxylic acids is 1. The van der Waals surface area contributed by atoms with Gasteiger partial charge in [0, 0.05) is 50.4 Å². The van der Waals surface area contributed by atoms with Gasteiger partial charge >= 0.3 is 0 Å². The Labute approximate surface area is 173 Å². The first-order valence-corrected chi connectivity index (χ1v) is 10.9. The molecule has 3 atom stereocenters. The molecule has 1 amide bonds. The molecule has 4 heteroatoms. The molecular weight excluding hydrogens is 363 g/mol. The Balaban J connectivity index is 1.23. The van der Waals surface area contributed by atoms with E-state index in [1.54, 1.807) is 0 Å². The number of carbonyl (C=O) groups is 1. The van der Waals surface area contributed by atoms with Crippen LogP contribution >= 0.6 is 0 Å². The van der Waals surface area contributed by atoms with Crippen LogP contribution in [0.5, 0.6) is 0 Å². The minimum atomic E-state index is -1.24. The maximum atomic E-state index is 15.6. The third kappa shape index (κ3) is 4.87. The number of halogens is 1. The molecule has 0 aromatic heterocycles. The van der Waals surface area contributed by atoms with Crippen LogP contribution in [0.25, 0.3) is 0 Å². The van der Waals surface area contributed by atoms with Gasteiger partial charge < -0.3 is 10.2 Å². The molecular formula is C25H31FN2O. The van der Waals surface area contributed by atoms with E-state index < -0.39 is 5.67 Å². The summed E-state index contributed by atoms with van der Waals surface area (Å²) in [7, 11) is 0.